The molecule has 3 heteroatoms. The van der Waals surface area contributed by atoms with E-state index in [1.807, 2.05) is 11.8 Å². The summed E-state index contributed by atoms with van der Waals surface area (Å²) in [6, 6.07) is 0. The topological polar surface area (TPSA) is 35.2 Å². The SMILES string of the molecule is COCCCCSCC(C)(C)N. The quantitative estimate of drug-likeness (QED) is 0.624. The molecule has 0 bridgehead atoms. The van der Waals surface area contributed by atoms with Gasteiger partial charge in [0, 0.05) is 25.0 Å². The Morgan fingerprint density at radius 2 is 2.00 bits per heavy atom. The van der Waals surface area contributed by atoms with Crippen LogP contribution in [0.3, 0.4) is 0 Å². The number of nitrogens with two attached hydrogens (primary N) is 1. The molecule has 0 heterocycles. The molecule has 0 spiro atoms. The molecule has 2 N–H and O–H groups in total. The number of hydrogen-bond donors (Lipinski definition) is 1. The highest BCUT2D eigenvalue weighted by atomic mass is 32.2. The monoisotopic (exact) mass is 191 g/mol. The van der Waals surface area contributed by atoms with Crippen molar-refractivity contribution >= 4 is 11.8 Å². The molecule has 0 aliphatic heterocycles. The minimum atomic E-state index is -0.0219. The van der Waals surface area contributed by atoms with Crippen LogP contribution < -0.4 is 5.73 Å². The summed E-state index contributed by atoms with van der Waals surface area (Å²) in [5.74, 6) is 2.24. The van der Waals surface area contributed by atoms with Gasteiger partial charge in [-0.2, -0.15) is 11.8 Å². The third-order valence-corrected chi connectivity index (χ3v) is 2.89. The second kappa shape index (κ2) is 6.75. The first kappa shape index (κ1) is 12.3. The van der Waals surface area contributed by atoms with Gasteiger partial charge >= 0.3 is 0 Å². The molecule has 74 valence electrons. The van der Waals surface area contributed by atoms with E-state index in [0.29, 0.717) is 0 Å². The Labute approximate surface area is 80.2 Å². The molecule has 0 aromatic rings. The van der Waals surface area contributed by atoms with Gasteiger partial charge in [-0.25, -0.2) is 0 Å². The summed E-state index contributed by atoms with van der Waals surface area (Å²) in [6.07, 6.45) is 2.39. The van der Waals surface area contributed by atoms with Crippen molar-refractivity contribution in [2.45, 2.75) is 32.2 Å². The van der Waals surface area contributed by atoms with Crippen molar-refractivity contribution in [2.75, 3.05) is 25.2 Å². The average Bonchev–Trinajstić information content (AvgIpc) is 1.94. The Morgan fingerprint density at radius 3 is 2.50 bits per heavy atom. The predicted molar refractivity (Wildman–Crippen MR) is 56.7 cm³/mol. The van der Waals surface area contributed by atoms with Crippen LogP contribution in [-0.4, -0.2) is 30.8 Å². The fourth-order valence-corrected chi connectivity index (χ4v) is 1.86. The first-order chi connectivity index (χ1) is 5.56. The first-order valence-electron chi connectivity index (χ1n) is 4.42. The molecule has 0 atom stereocenters. The van der Waals surface area contributed by atoms with Gasteiger partial charge in [0.2, 0.25) is 0 Å². The molecular weight excluding hydrogens is 170 g/mol. The number of hydrogen-bond acceptors (Lipinski definition) is 3. The highest BCUT2D eigenvalue weighted by Gasteiger charge is 2.09. The number of unbranched alkanes of at least 4 members (excludes halogenated alkanes) is 1. The first-order valence-corrected chi connectivity index (χ1v) is 5.57. The Morgan fingerprint density at radius 1 is 1.33 bits per heavy atom. The maximum atomic E-state index is 5.83. The summed E-state index contributed by atoms with van der Waals surface area (Å²) in [5, 5.41) is 0. The second-order valence-corrected chi connectivity index (χ2v) is 4.85. The summed E-state index contributed by atoms with van der Waals surface area (Å²) < 4.78 is 4.96. The Hall–Kier alpha value is 0.270. The molecule has 0 radical (unpaired) electrons. The highest BCUT2D eigenvalue weighted by molar-refractivity contribution is 7.99. The number of rotatable bonds is 7. The lowest BCUT2D eigenvalue weighted by atomic mass is 10.1. The van der Waals surface area contributed by atoms with E-state index >= 15 is 0 Å². The van der Waals surface area contributed by atoms with Crippen LogP contribution in [-0.2, 0) is 4.74 Å². The molecule has 0 aliphatic rings. The van der Waals surface area contributed by atoms with Crippen LogP contribution in [0.2, 0.25) is 0 Å². The molecule has 0 aromatic carbocycles. The summed E-state index contributed by atoms with van der Waals surface area (Å²) in [6.45, 7) is 5.01. The van der Waals surface area contributed by atoms with Gasteiger partial charge in [0.15, 0.2) is 0 Å². The Bertz CT molecular complexity index is 101. The summed E-state index contributed by atoms with van der Waals surface area (Å²) in [5.41, 5.74) is 5.81. The fraction of sp³-hybridized carbons (Fsp3) is 1.00. The maximum absolute atomic E-state index is 5.83. The molecule has 0 rings (SSSR count). The van der Waals surface area contributed by atoms with Crippen molar-refractivity contribution in [2.24, 2.45) is 5.73 Å². The van der Waals surface area contributed by atoms with Gasteiger partial charge < -0.3 is 10.5 Å². The molecule has 0 fully saturated rings. The lowest BCUT2D eigenvalue weighted by Gasteiger charge is -2.17. The van der Waals surface area contributed by atoms with Crippen LogP contribution in [0.4, 0.5) is 0 Å². The van der Waals surface area contributed by atoms with Crippen LogP contribution >= 0.6 is 11.8 Å². The number of methoxy groups -OCH3 is 1. The van der Waals surface area contributed by atoms with E-state index < -0.39 is 0 Å². The largest absolute Gasteiger partial charge is 0.385 e. The van der Waals surface area contributed by atoms with Crippen LogP contribution in [0.15, 0.2) is 0 Å². The van der Waals surface area contributed by atoms with E-state index in [4.69, 9.17) is 10.5 Å². The second-order valence-electron chi connectivity index (χ2n) is 3.74. The van der Waals surface area contributed by atoms with E-state index in [1.54, 1.807) is 7.11 Å². The normalized spacial score (nSPS) is 12.0. The van der Waals surface area contributed by atoms with Crippen LogP contribution in [0.1, 0.15) is 26.7 Å². The predicted octanol–water partition coefficient (Wildman–Crippen LogP) is 1.88. The van der Waals surface area contributed by atoms with Crippen molar-refractivity contribution in [3.63, 3.8) is 0 Å². The Balaban J connectivity index is 3.01. The van der Waals surface area contributed by atoms with Crippen molar-refractivity contribution in [3.8, 4) is 0 Å². The zero-order valence-electron chi connectivity index (χ0n) is 8.43. The minimum absolute atomic E-state index is 0.0219. The standard InChI is InChI=1S/C9H21NOS/c1-9(2,10)8-12-7-5-4-6-11-3/h4-8,10H2,1-3H3. The molecular formula is C9H21NOS. The molecule has 0 saturated carbocycles. The lowest BCUT2D eigenvalue weighted by molar-refractivity contribution is 0.194. The van der Waals surface area contributed by atoms with Crippen molar-refractivity contribution in [3.05, 3.63) is 0 Å². The van der Waals surface area contributed by atoms with E-state index in [2.05, 4.69) is 13.8 Å². The fourth-order valence-electron chi connectivity index (χ4n) is 0.786. The van der Waals surface area contributed by atoms with Gasteiger partial charge in [0.05, 0.1) is 0 Å². The zero-order chi connectivity index (χ0) is 9.45. The lowest BCUT2D eigenvalue weighted by Crippen LogP contribution is -2.34. The molecule has 0 amide bonds. The number of ether oxygens (including phenoxy) is 1. The van der Waals surface area contributed by atoms with Crippen LogP contribution in [0.25, 0.3) is 0 Å². The summed E-state index contributed by atoms with van der Waals surface area (Å²) >= 11 is 1.93. The molecule has 0 aromatic heterocycles. The molecule has 0 unspecified atom stereocenters. The van der Waals surface area contributed by atoms with Gasteiger partial charge in [0.1, 0.15) is 0 Å². The van der Waals surface area contributed by atoms with Crippen LogP contribution in [0, 0.1) is 0 Å². The van der Waals surface area contributed by atoms with E-state index in [9.17, 15) is 0 Å². The van der Waals surface area contributed by atoms with E-state index in [-0.39, 0.29) is 5.54 Å². The maximum Gasteiger partial charge on any atom is 0.0462 e. The van der Waals surface area contributed by atoms with E-state index in [0.717, 1.165) is 18.8 Å². The van der Waals surface area contributed by atoms with Crippen LogP contribution in [0.5, 0.6) is 0 Å². The minimum Gasteiger partial charge on any atom is -0.385 e. The van der Waals surface area contributed by atoms with E-state index in [1.165, 1.54) is 12.2 Å². The molecule has 12 heavy (non-hydrogen) atoms. The number of thioether (sulfide) groups is 1. The van der Waals surface area contributed by atoms with Crippen molar-refractivity contribution < 1.29 is 4.74 Å². The van der Waals surface area contributed by atoms with Gasteiger partial charge in [-0.05, 0) is 32.4 Å². The van der Waals surface area contributed by atoms with Gasteiger partial charge in [-0.3, -0.25) is 0 Å². The summed E-state index contributed by atoms with van der Waals surface area (Å²) in [7, 11) is 1.75. The zero-order valence-corrected chi connectivity index (χ0v) is 9.25. The molecule has 0 aliphatic carbocycles. The molecule has 0 saturated heterocycles. The average molecular weight is 191 g/mol. The highest BCUT2D eigenvalue weighted by Crippen LogP contribution is 2.11. The van der Waals surface area contributed by atoms with Crippen molar-refractivity contribution in [1.82, 2.24) is 0 Å². The smallest absolute Gasteiger partial charge is 0.0462 e. The van der Waals surface area contributed by atoms with Gasteiger partial charge in [-0.15, -0.1) is 0 Å². The third-order valence-electron chi connectivity index (χ3n) is 1.36. The Kier molecular flexibility index (Phi) is 6.90. The van der Waals surface area contributed by atoms with Crippen molar-refractivity contribution in [1.29, 1.82) is 0 Å². The summed E-state index contributed by atoms with van der Waals surface area (Å²) in [4.78, 5) is 0. The van der Waals surface area contributed by atoms with Gasteiger partial charge in [0.25, 0.3) is 0 Å². The molecule has 2 nitrogen and oxygen atoms in total. The van der Waals surface area contributed by atoms with Gasteiger partial charge in [-0.1, -0.05) is 0 Å². The third kappa shape index (κ3) is 10.3.